The van der Waals surface area contributed by atoms with Gasteiger partial charge in [0.15, 0.2) is 0 Å². The first-order chi connectivity index (χ1) is 6.56. The number of allylic oxidation sites excluding steroid dienone is 2. The minimum absolute atomic E-state index is 0.285. The van der Waals surface area contributed by atoms with Crippen LogP contribution in [-0.4, -0.2) is 11.2 Å². The van der Waals surface area contributed by atoms with Gasteiger partial charge in [0.1, 0.15) is 11.6 Å². The standard InChI is InChI=1S/C9H13N5/c1-5(11)7(4-10)6-2-3-8(12)14-9(6)13/h2-4,10H,11H2,1H3,(H4,12,13,14)/b7-5+,10-4?. The molecule has 0 amide bonds. The van der Waals surface area contributed by atoms with Gasteiger partial charge in [0.05, 0.1) is 0 Å². The lowest BCUT2D eigenvalue weighted by Gasteiger charge is -2.07. The summed E-state index contributed by atoms with van der Waals surface area (Å²) in [5.74, 6) is 0.638. The Morgan fingerprint density at radius 1 is 1.43 bits per heavy atom. The average Bonchev–Trinajstić information content (AvgIpc) is 2.09. The molecule has 0 spiro atoms. The van der Waals surface area contributed by atoms with Crippen molar-refractivity contribution in [1.29, 1.82) is 5.41 Å². The largest absolute Gasteiger partial charge is 0.402 e. The molecule has 1 aromatic heterocycles. The Hall–Kier alpha value is -2.04. The van der Waals surface area contributed by atoms with Gasteiger partial charge in [-0.2, -0.15) is 0 Å². The van der Waals surface area contributed by atoms with Gasteiger partial charge in [0.25, 0.3) is 0 Å². The fourth-order valence-electron chi connectivity index (χ4n) is 1.12. The maximum absolute atomic E-state index is 7.20. The Bertz CT molecular complexity index is 390. The fourth-order valence-corrected chi connectivity index (χ4v) is 1.12. The van der Waals surface area contributed by atoms with Crippen LogP contribution in [0.5, 0.6) is 0 Å². The summed E-state index contributed by atoms with van der Waals surface area (Å²) in [6.45, 7) is 1.70. The first kappa shape index (κ1) is 10.0. The molecule has 7 N–H and O–H groups in total. The van der Waals surface area contributed by atoms with E-state index < -0.39 is 0 Å². The monoisotopic (exact) mass is 191 g/mol. The van der Waals surface area contributed by atoms with Gasteiger partial charge < -0.3 is 22.6 Å². The summed E-state index contributed by atoms with van der Waals surface area (Å²) in [5, 5.41) is 7.20. The summed E-state index contributed by atoms with van der Waals surface area (Å²) in [4.78, 5) is 3.89. The number of anilines is 2. The van der Waals surface area contributed by atoms with Crippen LogP contribution in [0.15, 0.2) is 17.8 Å². The second-order valence-corrected chi connectivity index (χ2v) is 2.91. The third-order valence-corrected chi connectivity index (χ3v) is 1.81. The molecule has 1 rings (SSSR count). The van der Waals surface area contributed by atoms with E-state index in [4.69, 9.17) is 22.6 Å². The highest BCUT2D eigenvalue weighted by molar-refractivity contribution is 6.11. The van der Waals surface area contributed by atoms with Gasteiger partial charge in [-0.3, -0.25) is 0 Å². The van der Waals surface area contributed by atoms with Crippen LogP contribution >= 0.6 is 0 Å². The smallest absolute Gasteiger partial charge is 0.133 e. The van der Waals surface area contributed by atoms with E-state index in [0.717, 1.165) is 6.21 Å². The van der Waals surface area contributed by atoms with Crippen LogP contribution in [-0.2, 0) is 0 Å². The Labute approximate surface area is 82.1 Å². The van der Waals surface area contributed by atoms with Crippen molar-refractivity contribution in [2.75, 3.05) is 11.5 Å². The number of nitrogens with one attached hydrogen (secondary N) is 1. The number of nitrogens with two attached hydrogens (primary N) is 3. The van der Waals surface area contributed by atoms with Gasteiger partial charge in [-0.1, -0.05) is 0 Å². The first-order valence-corrected chi connectivity index (χ1v) is 4.05. The molecule has 74 valence electrons. The van der Waals surface area contributed by atoms with Gasteiger partial charge in [0, 0.05) is 23.0 Å². The Morgan fingerprint density at radius 2 is 2.07 bits per heavy atom. The van der Waals surface area contributed by atoms with Crippen molar-refractivity contribution in [2.45, 2.75) is 6.92 Å². The third kappa shape index (κ3) is 1.82. The molecule has 0 saturated heterocycles. The average molecular weight is 191 g/mol. The summed E-state index contributed by atoms with van der Waals surface area (Å²) in [6, 6.07) is 3.33. The van der Waals surface area contributed by atoms with E-state index in [1.165, 1.54) is 0 Å². The van der Waals surface area contributed by atoms with E-state index in [-0.39, 0.29) is 5.82 Å². The van der Waals surface area contributed by atoms with Crippen molar-refractivity contribution in [3.8, 4) is 0 Å². The maximum atomic E-state index is 7.20. The molecule has 14 heavy (non-hydrogen) atoms. The number of nitrogens with zero attached hydrogens (tertiary/aromatic N) is 1. The minimum atomic E-state index is 0.285. The lowest BCUT2D eigenvalue weighted by molar-refractivity contribution is 1.29. The second-order valence-electron chi connectivity index (χ2n) is 2.91. The van der Waals surface area contributed by atoms with Crippen LogP contribution in [0, 0.1) is 5.41 Å². The number of pyridine rings is 1. The fraction of sp³-hybridized carbons (Fsp3) is 0.111. The lowest BCUT2D eigenvalue weighted by Crippen LogP contribution is -2.04. The van der Waals surface area contributed by atoms with Crippen molar-refractivity contribution in [3.63, 3.8) is 0 Å². The molecule has 0 saturated carbocycles. The molecule has 0 aliphatic rings. The van der Waals surface area contributed by atoms with E-state index in [0.29, 0.717) is 22.7 Å². The summed E-state index contributed by atoms with van der Waals surface area (Å²) in [6.07, 6.45) is 1.15. The second kappa shape index (κ2) is 3.78. The van der Waals surface area contributed by atoms with E-state index in [2.05, 4.69) is 4.98 Å². The zero-order valence-corrected chi connectivity index (χ0v) is 7.91. The summed E-state index contributed by atoms with van der Waals surface area (Å²) >= 11 is 0. The molecule has 0 fully saturated rings. The van der Waals surface area contributed by atoms with Crippen LogP contribution in [0.2, 0.25) is 0 Å². The highest BCUT2D eigenvalue weighted by atomic mass is 14.9. The number of nitrogen functional groups attached to an aromatic ring is 2. The van der Waals surface area contributed by atoms with Crippen LogP contribution in [0.3, 0.4) is 0 Å². The van der Waals surface area contributed by atoms with Gasteiger partial charge >= 0.3 is 0 Å². The molecule has 5 heteroatoms. The van der Waals surface area contributed by atoms with Crippen molar-refractivity contribution in [1.82, 2.24) is 4.98 Å². The van der Waals surface area contributed by atoms with Crippen molar-refractivity contribution < 1.29 is 0 Å². The van der Waals surface area contributed by atoms with Crippen molar-refractivity contribution >= 4 is 23.4 Å². The molecular weight excluding hydrogens is 178 g/mol. The lowest BCUT2D eigenvalue weighted by atomic mass is 10.1. The van der Waals surface area contributed by atoms with Gasteiger partial charge in [-0.15, -0.1) is 0 Å². The Balaban J connectivity index is 3.32. The summed E-state index contributed by atoms with van der Waals surface area (Å²) in [7, 11) is 0. The Kier molecular flexibility index (Phi) is 2.71. The van der Waals surface area contributed by atoms with Crippen LogP contribution < -0.4 is 17.2 Å². The molecular formula is C9H13N5. The SMILES string of the molecule is C/C(N)=C(/C=N)c1ccc(N)nc1N. The van der Waals surface area contributed by atoms with Crippen molar-refractivity contribution in [2.24, 2.45) is 5.73 Å². The molecule has 0 unspecified atom stereocenters. The van der Waals surface area contributed by atoms with Gasteiger partial charge in [-0.05, 0) is 19.1 Å². The first-order valence-electron chi connectivity index (χ1n) is 4.05. The minimum Gasteiger partial charge on any atom is -0.402 e. The molecule has 0 aromatic carbocycles. The maximum Gasteiger partial charge on any atom is 0.133 e. The zero-order chi connectivity index (χ0) is 10.7. The Morgan fingerprint density at radius 3 is 2.50 bits per heavy atom. The van der Waals surface area contributed by atoms with E-state index in [1.807, 2.05) is 0 Å². The van der Waals surface area contributed by atoms with E-state index in [9.17, 15) is 0 Å². The zero-order valence-electron chi connectivity index (χ0n) is 7.91. The highest BCUT2D eigenvalue weighted by Crippen LogP contribution is 2.20. The van der Waals surface area contributed by atoms with Crippen LogP contribution in [0.4, 0.5) is 11.6 Å². The molecule has 1 heterocycles. The molecule has 0 bridgehead atoms. The van der Waals surface area contributed by atoms with Gasteiger partial charge in [0.2, 0.25) is 0 Å². The highest BCUT2D eigenvalue weighted by Gasteiger charge is 2.06. The van der Waals surface area contributed by atoms with E-state index in [1.54, 1.807) is 19.1 Å². The molecule has 0 radical (unpaired) electrons. The van der Waals surface area contributed by atoms with Crippen LogP contribution in [0.1, 0.15) is 12.5 Å². The molecule has 5 nitrogen and oxygen atoms in total. The topological polar surface area (TPSA) is 115 Å². The normalized spacial score (nSPS) is 12.1. The third-order valence-electron chi connectivity index (χ3n) is 1.81. The molecule has 0 aliphatic heterocycles. The predicted molar refractivity (Wildman–Crippen MR) is 58.6 cm³/mol. The number of hydrogen-bond acceptors (Lipinski definition) is 5. The molecule has 1 aromatic rings. The van der Waals surface area contributed by atoms with Gasteiger partial charge in [-0.25, -0.2) is 4.98 Å². The van der Waals surface area contributed by atoms with E-state index >= 15 is 0 Å². The number of rotatable bonds is 2. The number of hydrogen-bond donors (Lipinski definition) is 4. The summed E-state index contributed by atoms with van der Waals surface area (Å²) < 4.78 is 0. The quantitative estimate of drug-likeness (QED) is 0.512. The van der Waals surface area contributed by atoms with Crippen molar-refractivity contribution in [3.05, 3.63) is 23.4 Å². The molecule has 0 aliphatic carbocycles. The molecule has 0 atom stereocenters. The number of aromatic nitrogens is 1. The van der Waals surface area contributed by atoms with Crippen LogP contribution in [0.25, 0.3) is 5.57 Å². The summed E-state index contributed by atoms with van der Waals surface area (Å²) in [5.41, 5.74) is 18.4. The predicted octanol–water partition coefficient (Wildman–Crippen LogP) is 0.585.